The Morgan fingerprint density at radius 3 is 2.68 bits per heavy atom. The summed E-state index contributed by atoms with van der Waals surface area (Å²) in [6.07, 6.45) is 2.27. The third kappa shape index (κ3) is 3.44. The molecule has 1 amide bonds. The van der Waals surface area contributed by atoms with Crippen LogP contribution in [0.1, 0.15) is 27.2 Å². The first-order valence-corrected chi connectivity index (χ1v) is 9.40. The highest BCUT2D eigenvalue weighted by Gasteiger charge is 2.20. The van der Waals surface area contributed by atoms with Gasteiger partial charge in [-0.15, -0.1) is 11.3 Å². The second kappa shape index (κ2) is 7.11. The molecule has 1 aliphatic rings. The summed E-state index contributed by atoms with van der Waals surface area (Å²) < 4.78 is 0. The van der Waals surface area contributed by atoms with Gasteiger partial charge >= 0.3 is 0 Å². The van der Waals surface area contributed by atoms with E-state index in [1.807, 2.05) is 36.4 Å². The normalized spacial score (nSPS) is 13.4. The van der Waals surface area contributed by atoms with Crippen molar-refractivity contribution in [3.63, 3.8) is 0 Å². The van der Waals surface area contributed by atoms with Crippen LogP contribution in [0.3, 0.4) is 0 Å². The highest BCUT2D eigenvalue weighted by atomic mass is 32.1. The number of amides is 1. The van der Waals surface area contributed by atoms with Crippen molar-refractivity contribution in [2.24, 2.45) is 0 Å². The summed E-state index contributed by atoms with van der Waals surface area (Å²) in [7, 11) is 0. The zero-order chi connectivity index (χ0) is 17.1. The van der Waals surface area contributed by atoms with Gasteiger partial charge in [0.25, 0.3) is 5.91 Å². The van der Waals surface area contributed by atoms with Crippen LogP contribution in [0.25, 0.3) is 0 Å². The lowest BCUT2D eigenvalue weighted by molar-refractivity contribution is 0.0955. The van der Waals surface area contributed by atoms with Gasteiger partial charge in [0.05, 0.1) is 9.88 Å². The molecule has 3 aromatic rings. The SMILES string of the molecule is O=C(NCc1ccccc1)c1ccc(N2CCCc3ccccc32)s1. The van der Waals surface area contributed by atoms with E-state index in [1.165, 1.54) is 11.3 Å². The maximum Gasteiger partial charge on any atom is 0.261 e. The zero-order valence-corrected chi connectivity index (χ0v) is 14.8. The minimum Gasteiger partial charge on any atom is -0.347 e. The number of aryl methyl sites for hydroxylation is 1. The van der Waals surface area contributed by atoms with E-state index in [0.29, 0.717) is 6.54 Å². The van der Waals surface area contributed by atoms with E-state index in [2.05, 4.69) is 40.5 Å². The number of anilines is 2. The van der Waals surface area contributed by atoms with Crippen LogP contribution < -0.4 is 10.2 Å². The van der Waals surface area contributed by atoms with E-state index < -0.39 is 0 Å². The Balaban J connectivity index is 1.48. The maximum atomic E-state index is 12.4. The summed E-state index contributed by atoms with van der Waals surface area (Å²) in [4.78, 5) is 15.5. The predicted octanol–water partition coefficient (Wildman–Crippen LogP) is 4.76. The molecule has 0 bridgehead atoms. The lowest BCUT2D eigenvalue weighted by Crippen LogP contribution is -2.23. The topological polar surface area (TPSA) is 32.3 Å². The lowest BCUT2D eigenvalue weighted by atomic mass is 10.0. The Morgan fingerprint density at radius 1 is 1.00 bits per heavy atom. The minimum absolute atomic E-state index is 0.00889. The van der Waals surface area contributed by atoms with Crippen LogP contribution >= 0.6 is 11.3 Å². The van der Waals surface area contributed by atoms with Gasteiger partial charge in [0.2, 0.25) is 0 Å². The Morgan fingerprint density at radius 2 is 1.80 bits per heavy atom. The van der Waals surface area contributed by atoms with Crippen LogP contribution in [-0.4, -0.2) is 12.5 Å². The van der Waals surface area contributed by atoms with Crippen molar-refractivity contribution < 1.29 is 4.79 Å². The van der Waals surface area contributed by atoms with Gasteiger partial charge in [-0.1, -0.05) is 48.5 Å². The molecule has 4 heteroatoms. The lowest BCUT2D eigenvalue weighted by Gasteiger charge is -2.30. The Kier molecular flexibility index (Phi) is 4.53. The van der Waals surface area contributed by atoms with Crippen molar-refractivity contribution in [1.82, 2.24) is 5.32 Å². The Hall–Kier alpha value is -2.59. The van der Waals surface area contributed by atoms with E-state index in [-0.39, 0.29) is 5.91 Å². The van der Waals surface area contributed by atoms with Crippen LogP contribution in [0.5, 0.6) is 0 Å². The van der Waals surface area contributed by atoms with E-state index in [1.54, 1.807) is 11.3 Å². The maximum absolute atomic E-state index is 12.4. The number of rotatable bonds is 4. The van der Waals surface area contributed by atoms with Crippen LogP contribution in [0.15, 0.2) is 66.7 Å². The molecule has 1 aromatic heterocycles. The molecule has 0 saturated carbocycles. The first-order valence-electron chi connectivity index (χ1n) is 8.59. The highest BCUT2D eigenvalue weighted by molar-refractivity contribution is 7.18. The zero-order valence-electron chi connectivity index (χ0n) is 13.9. The molecule has 2 aromatic carbocycles. The van der Waals surface area contributed by atoms with Crippen molar-refractivity contribution in [1.29, 1.82) is 0 Å². The van der Waals surface area contributed by atoms with E-state index in [9.17, 15) is 4.79 Å². The Bertz CT molecular complexity index is 872. The first kappa shape index (κ1) is 15.9. The monoisotopic (exact) mass is 348 g/mol. The van der Waals surface area contributed by atoms with Gasteiger partial charge in [-0.25, -0.2) is 0 Å². The molecule has 0 atom stereocenters. The fourth-order valence-corrected chi connectivity index (χ4v) is 4.18. The van der Waals surface area contributed by atoms with Crippen molar-refractivity contribution in [3.05, 3.63) is 82.7 Å². The molecule has 0 unspecified atom stereocenters. The third-order valence-electron chi connectivity index (χ3n) is 4.49. The highest BCUT2D eigenvalue weighted by Crippen LogP contribution is 2.37. The molecule has 126 valence electrons. The van der Waals surface area contributed by atoms with Gasteiger partial charge in [-0.2, -0.15) is 0 Å². The number of nitrogens with one attached hydrogen (secondary N) is 1. The number of carbonyl (C=O) groups excluding carboxylic acids is 1. The molecule has 0 aliphatic carbocycles. The smallest absolute Gasteiger partial charge is 0.261 e. The minimum atomic E-state index is -0.00889. The summed E-state index contributed by atoms with van der Waals surface area (Å²) in [5.74, 6) is -0.00889. The second-order valence-corrected chi connectivity index (χ2v) is 7.25. The average molecular weight is 348 g/mol. The number of benzene rings is 2. The van der Waals surface area contributed by atoms with Gasteiger partial charge < -0.3 is 10.2 Å². The molecule has 0 saturated heterocycles. The van der Waals surface area contributed by atoms with Gasteiger partial charge in [-0.3, -0.25) is 4.79 Å². The molecule has 25 heavy (non-hydrogen) atoms. The van der Waals surface area contributed by atoms with Crippen molar-refractivity contribution in [2.45, 2.75) is 19.4 Å². The van der Waals surface area contributed by atoms with E-state index in [4.69, 9.17) is 0 Å². The standard InChI is InChI=1S/C21H20N2OS/c24-21(22-15-16-7-2-1-3-8-16)19-12-13-20(25-19)23-14-6-10-17-9-4-5-11-18(17)23/h1-5,7-9,11-13H,6,10,14-15H2,(H,22,24). The number of carbonyl (C=O) groups is 1. The van der Waals surface area contributed by atoms with Crippen molar-refractivity contribution in [2.75, 3.05) is 11.4 Å². The fourth-order valence-electron chi connectivity index (χ4n) is 3.22. The molecule has 1 aliphatic heterocycles. The Labute approximate surface area is 151 Å². The molecular formula is C21H20N2OS. The fraction of sp³-hybridized carbons (Fsp3) is 0.190. The quantitative estimate of drug-likeness (QED) is 0.737. The summed E-state index contributed by atoms with van der Waals surface area (Å²) in [6.45, 7) is 1.56. The summed E-state index contributed by atoms with van der Waals surface area (Å²) in [5, 5.41) is 4.14. The van der Waals surface area contributed by atoms with E-state index in [0.717, 1.165) is 34.8 Å². The molecule has 0 spiro atoms. The molecular weight excluding hydrogens is 328 g/mol. The van der Waals surface area contributed by atoms with Crippen LogP contribution in [0.2, 0.25) is 0 Å². The number of fused-ring (bicyclic) bond motifs is 1. The second-order valence-electron chi connectivity index (χ2n) is 6.19. The van der Waals surface area contributed by atoms with Gasteiger partial charge in [0.1, 0.15) is 0 Å². The van der Waals surface area contributed by atoms with Gasteiger partial charge in [0.15, 0.2) is 0 Å². The van der Waals surface area contributed by atoms with Crippen molar-refractivity contribution >= 4 is 27.9 Å². The summed E-state index contributed by atoms with van der Waals surface area (Å²) in [6, 6.07) is 22.5. The molecule has 0 radical (unpaired) electrons. The molecule has 3 nitrogen and oxygen atoms in total. The first-order chi connectivity index (χ1) is 12.3. The number of nitrogens with zero attached hydrogens (tertiary/aromatic N) is 1. The molecule has 2 heterocycles. The molecule has 0 fully saturated rings. The number of para-hydroxylation sites is 1. The summed E-state index contributed by atoms with van der Waals surface area (Å²) >= 11 is 1.56. The number of hydrogen-bond donors (Lipinski definition) is 1. The number of thiophene rings is 1. The van der Waals surface area contributed by atoms with Crippen LogP contribution in [0.4, 0.5) is 10.7 Å². The number of hydrogen-bond acceptors (Lipinski definition) is 3. The van der Waals surface area contributed by atoms with Crippen molar-refractivity contribution in [3.8, 4) is 0 Å². The van der Waals surface area contributed by atoms with E-state index >= 15 is 0 Å². The molecule has 1 N–H and O–H groups in total. The largest absolute Gasteiger partial charge is 0.347 e. The van der Waals surface area contributed by atoms with Crippen LogP contribution in [-0.2, 0) is 13.0 Å². The average Bonchev–Trinajstić information content (AvgIpc) is 3.16. The third-order valence-corrected chi connectivity index (χ3v) is 5.59. The predicted molar refractivity (Wildman–Crippen MR) is 104 cm³/mol. The van der Waals surface area contributed by atoms with Gasteiger partial charge in [-0.05, 0) is 42.2 Å². The van der Waals surface area contributed by atoms with Crippen LogP contribution in [0, 0.1) is 0 Å². The molecule has 4 rings (SSSR count). The van der Waals surface area contributed by atoms with Gasteiger partial charge in [0, 0.05) is 18.8 Å². The summed E-state index contributed by atoms with van der Waals surface area (Å²) in [5.41, 5.74) is 3.77.